The van der Waals surface area contributed by atoms with E-state index in [1.54, 1.807) is 10.9 Å². The number of hydrogen-bond donors (Lipinski definition) is 3. The van der Waals surface area contributed by atoms with E-state index in [0.717, 1.165) is 24.3 Å². The van der Waals surface area contributed by atoms with Gasteiger partial charge in [0.1, 0.15) is 18.3 Å². The van der Waals surface area contributed by atoms with Crippen molar-refractivity contribution < 1.29 is 28.9 Å². The minimum absolute atomic E-state index is 0.109. The molecule has 4 atom stereocenters. The molecular formula is C21H31ClN5O6P. The second-order valence-corrected chi connectivity index (χ2v) is 11.9. The van der Waals surface area contributed by atoms with Gasteiger partial charge in [0.25, 0.3) is 0 Å². The average molecular weight is 516 g/mol. The van der Waals surface area contributed by atoms with Crippen molar-refractivity contribution in [1.82, 2.24) is 19.7 Å². The van der Waals surface area contributed by atoms with E-state index in [1.807, 2.05) is 6.92 Å². The van der Waals surface area contributed by atoms with E-state index in [2.05, 4.69) is 20.0 Å². The number of halogens is 1. The number of anilines is 1. The molecule has 2 aliphatic heterocycles. The predicted octanol–water partition coefficient (Wildman–Crippen LogP) is 2.17. The first-order valence-corrected chi connectivity index (χ1v) is 13.9. The fourth-order valence-electron chi connectivity index (χ4n) is 5.61. The maximum absolute atomic E-state index is 11.0. The Balaban J connectivity index is 1.29. The van der Waals surface area contributed by atoms with Crippen LogP contribution < -0.4 is 4.90 Å². The van der Waals surface area contributed by atoms with Crippen LogP contribution in [0, 0.1) is 11.3 Å². The van der Waals surface area contributed by atoms with Gasteiger partial charge in [0.15, 0.2) is 5.65 Å². The van der Waals surface area contributed by atoms with Crippen LogP contribution in [-0.2, 0) is 20.6 Å². The Labute approximate surface area is 202 Å². The maximum Gasteiger partial charge on any atom is 0.350 e. The fourth-order valence-corrected chi connectivity index (χ4v) is 6.12. The summed E-state index contributed by atoms with van der Waals surface area (Å²) in [5.74, 6) is 0.572. The van der Waals surface area contributed by atoms with Gasteiger partial charge >= 0.3 is 7.60 Å². The normalized spacial score (nSPS) is 29.1. The second-order valence-electron chi connectivity index (χ2n) is 10.0. The Hall–Kier alpha value is -1.33. The SMILES string of the molecule is C[C@H]1[C@@H](O)[C@@H](COCP(=O)(O)O)O[C@@H]1Cn1ncc2c(N3CC4(CCCCC4)C3)nc(Cl)nc21. The molecule has 13 heteroatoms. The van der Waals surface area contributed by atoms with Crippen molar-refractivity contribution in [2.24, 2.45) is 11.3 Å². The van der Waals surface area contributed by atoms with Crippen LogP contribution in [0.4, 0.5) is 5.82 Å². The molecule has 2 saturated heterocycles. The van der Waals surface area contributed by atoms with Crippen molar-refractivity contribution in [1.29, 1.82) is 0 Å². The van der Waals surface area contributed by atoms with Gasteiger partial charge in [0, 0.05) is 24.4 Å². The van der Waals surface area contributed by atoms with Crippen LogP contribution in [0.1, 0.15) is 39.0 Å². The van der Waals surface area contributed by atoms with Gasteiger partial charge in [-0.1, -0.05) is 26.2 Å². The summed E-state index contributed by atoms with van der Waals surface area (Å²) in [6.07, 6.45) is 5.60. The minimum atomic E-state index is -4.28. The van der Waals surface area contributed by atoms with Crippen LogP contribution in [0.5, 0.6) is 0 Å². The van der Waals surface area contributed by atoms with Gasteiger partial charge in [-0.25, -0.2) is 4.68 Å². The molecule has 0 bridgehead atoms. The van der Waals surface area contributed by atoms with E-state index in [1.165, 1.54) is 32.1 Å². The van der Waals surface area contributed by atoms with Gasteiger partial charge < -0.3 is 29.3 Å². The molecule has 34 heavy (non-hydrogen) atoms. The predicted molar refractivity (Wildman–Crippen MR) is 125 cm³/mol. The van der Waals surface area contributed by atoms with E-state index in [9.17, 15) is 9.67 Å². The highest BCUT2D eigenvalue weighted by Gasteiger charge is 2.45. The van der Waals surface area contributed by atoms with E-state index in [4.69, 9.17) is 30.9 Å². The summed E-state index contributed by atoms with van der Waals surface area (Å²) in [5.41, 5.74) is 1.02. The molecule has 1 aliphatic carbocycles. The summed E-state index contributed by atoms with van der Waals surface area (Å²) < 4.78 is 23.7. The number of hydrogen-bond acceptors (Lipinski definition) is 8. The van der Waals surface area contributed by atoms with Crippen molar-refractivity contribution >= 4 is 36.0 Å². The molecule has 0 aromatic carbocycles. The molecule has 3 N–H and O–H groups in total. The largest absolute Gasteiger partial charge is 0.390 e. The Morgan fingerprint density at radius 1 is 1.24 bits per heavy atom. The highest BCUT2D eigenvalue weighted by atomic mass is 35.5. The molecule has 1 spiro atoms. The number of aromatic nitrogens is 4. The van der Waals surface area contributed by atoms with Crippen LogP contribution in [0.25, 0.3) is 11.0 Å². The third-order valence-electron chi connectivity index (χ3n) is 7.47. The molecule has 0 unspecified atom stereocenters. The molecule has 11 nitrogen and oxygen atoms in total. The smallest absolute Gasteiger partial charge is 0.350 e. The van der Waals surface area contributed by atoms with Crippen LogP contribution >= 0.6 is 19.2 Å². The van der Waals surface area contributed by atoms with Crippen molar-refractivity contribution in [3.63, 3.8) is 0 Å². The zero-order valence-corrected chi connectivity index (χ0v) is 20.7. The lowest BCUT2D eigenvalue weighted by Crippen LogP contribution is -2.57. The number of ether oxygens (including phenoxy) is 2. The molecule has 0 radical (unpaired) electrons. The number of nitrogens with zero attached hydrogens (tertiary/aromatic N) is 5. The first-order chi connectivity index (χ1) is 16.1. The van der Waals surface area contributed by atoms with E-state index in [0.29, 0.717) is 17.6 Å². The van der Waals surface area contributed by atoms with Gasteiger partial charge in [0.2, 0.25) is 5.28 Å². The topological polar surface area (TPSA) is 143 Å². The third-order valence-corrected chi connectivity index (χ3v) is 8.15. The molecule has 2 aromatic rings. The Morgan fingerprint density at radius 2 is 1.97 bits per heavy atom. The monoisotopic (exact) mass is 515 g/mol. The van der Waals surface area contributed by atoms with Crippen molar-refractivity contribution in [2.75, 3.05) is 30.9 Å². The van der Waals surface area contributed by atoms with Crippen molar-refractivity contribution in [2.45, 2.75) is 63.9 Å². The molecule has 0 amide bonds. The zero-order chi connectivity index (χ0) is 24.1. The number of rotatable bonds is 7. The summed E-state index contributed by atoms with van der Waals surface area (Å²) in [7, 11) is -4.28. The Bertz CT molecular complexity index is 1080. The lowest BCUT2D eigenvalue weighted by Gasteiger charge is -2.53. The molecule has 3 fully saturated rings. The van der Waals surface area contributed by atoms with Crippen molar-refractivity contribution in [3.8, 4) is 0 Å². The molecule has 1 saturated carbocycles. The first kappa shape index (κ1) is 24.4. The van der Waals surface area contributed by atoms with E-state index in [-0.39, 0.29) is 23.9 Å². The first-order valence-electron chi connectivity index (χ1n) is 11.7. The average Bonchev–Trinajstić information content (AvgIpc) is 3.27. The third kappa shape index (κ3) is 4.84. The van der Waals surface area contributed by atoms with Gasteiger partial charge in [-0.15, -0.1) is 0 Å². The Kier molecular flexibility index (Phi) is 6.65. The van der Waals surface area contributed by atoms with E-state index >= 15 is 0 Å². The van der Waals surface area contributed by atoms with Gasteiger partial charge in [-0.2, -0.15) is 15.1 Å². The van der Waals surface area contributed by atoms with Gasteiger partial charge in [-0.05, 0) is 24.4 Å². The molecule has 5 rings (SSSR count). The fraction of sp³-hybridized carbons (Fsp3) is 0.762. The van der Waals surface area contributed by atoms with Crippen molar-refractivity contribution in [3.05, 3.63) is 11.5 Å². The molecule has 2 aromatic heterocycles. The van der Waals surface area contributed by atoms with E-state index < -0.39 is 26.2 Å². The summed E-state index contributed by atoms with van der Waals surface area (Å²) in [4.78, 5) is 29.1. The van der Waals surface area contributed by atoms with Gasteiger partial charge in [-0.3, -0.25) is 4.57 Å². The lowest BCUT2D eigenvalue weighted by atomic mass is 9.68. The van der Waals surface area contributed by atoms with Crippen LogP contribution in [0.15, 0.2) is 6.20 Å². The molecule has 188 valence electrons. The zero-order valence-electron chi connectivity index (χ0n) is 19.1. The number of fused-ring (bicyclic) bond motifs is 1. The molecule has 3 aliphatic rings. The standard InChI is InChI=1S/C21H31ClN5O6P/c1-13-15(33-16(17(13)28)9-32-12-34(29,30)31)8-27-19-14(7-23-27)18(24-20(22)25-19)26-10-21(11-26)5-3-2-4-6-21/h7,13,15-17,28H,2-6,8-12H2,1H3,(H2,29,30,31)/t13-,15-,16-,17-/m1/s1. The molecule has 4 heterocycles. The minimum Gasteiger partial charge on any atom is -0.390 e. The quantitative estimate of drug-likeness (QED) is 0.370. The summed E-state index contributed by atoms with van der Waals surface area (Å²) in [6.45, 7) is 4.05. The number of aliphatic hydroxyl groups is 1. The Morgan fingerprint density at radius 3 is 2.68 bits per heavy atom. The van der Waals surface area contributed by atoms with Crippen LogP contribution in [0.3, 0.4) is 0 Å². The lowest BCUT2D eigenvalue weighted by molar-refractivity contribution is -0.0418. The van der Waals surface area contributed by atoms with Crippen LogP contribution in [0.2, 0.25) is 5.28 Å². The summed E-state index contributed by atoms with van der Waals surface area (Å²) in [5, 5.41) is 16.1. The summed E-state index contributed by atoms with van der Waals surface area (Å²) in [6, 6.07) is 0. The van der Waals surface area contributed by atoms with Gasteiger partial charge in [0.05, 0.1) is 36.9 Å². The summed E-state index contributed by atoms with van der Waals surface area (Å²) >= 11 is 6.30. The highest BCUT2D eigenvalue weighted by Crippen LogP contribution is 2.46. The molecular weight excluding hydrogens is 485 g/mol. The highest BCUT2D eigenvalue weighted by molar-refractivity contribution is 7.51. The van der Waals surface area contributed by atoms with Crippen LogP contribution in [-0.4, -0.2) is 79.0 Å². The number of aliphatic hydroxyl groups excluding tert-OH is 1. The second kappa shape index (κ2) is 9.28. The maximum atomic E-state index is 11.0.